The second kappa shape index (κ2) is 10.7. The molecule has 2 aromatic rings. The van der Waals surface area contributed by atoms with Crippen molar-refractivity contribution in [2.24, 2.45) is 4.99 Å². The lowest BCUT2D eigenvalue weighted by atomic mass is 9.99. The standard InChI is InChI=1S/C21H32N6.HI/c1-16-13-17(2)27(25-16)12-6-10-23-21(22-3)24-15-18-8-9-20-19(14-18)7-5-11-26(20)4;/h8-9,13-14H,5-7,10-12,15H2,1-4H3,(H2,22,23,24);1H. The van der Waals surface area contributed by atoms with Crippen LogP contribution in [0.2, 0.25) is 0 Å². The summed E-state index contributed by atoms with van der Waals surface area (Å²) in [5, 5.41) is 11.3. The second-order valence-corrected chi connectivity index (χ2v) is 7.34. The van der Waals surface area contributed by atoms with Crippen LogP contribution in [0.15, 0.2) is 29.3 Å². The molecule has 0 bridgehead atoms. The van der Waals surface area contributed by atoms with Gasteiger partial charge in [0.1, 0.15) is 0 Å². The van der Waals surface area contributed by atoms with Crippen LogP contribution in [0.25, 0.3) is 0 Å². The van der Waals surface area contributed by atoms with Crippen LogP contribution in [0, 0.1) is 13.8 Å². The molecular weight excluding hydrogens is 463 g/mol. The first-order valence-corrected chi connectivity index (χ1v) is 9.85. The first-order valence-electron chi connectivity index (χ1n) is 9.85. The normalized spacial score (nSPS) is 13.7. The summed E-state index contributed by atoms with van der Waals surface area (Å²) < 4.78 is 2.07. The smallest absolute Gasteiger partial charge is 0.191 e. The quantitative estimate of drug-likeness (QED) is 0.279. The highest BCUT2D eigenvalue weighted by Crippen LogP contribution is 2.26. The first kappa shape index (κ1) is 22.5. The van der Waals surface area contributed by atoms with Crippen LogP contribution < -0.4 is 15.5 Å². The summed E-state index contributed by atoms with van der Waals surface area (Å²) in [5.74, 6) is 0.846. The molecule has 0 atom stereocenters. The van der Waals surface area contributed by atoms with E-state index in [1.807, 2.05) is 14.0 Å². The molecule has 0 radical (unpaired) electrons. The summed E-state index contributed by atoms with van der Waals surface area (Å²) in [4.78, 5) is 6.68. The Morgan fingerprint density at radius 3 is 2.75 bits per heavy atom. The van der Waals surface area contributed by atoms with Gasteiger partial charge in [0, 0.05) is 51.7 Å². The SMILES string of the molecule is CN=C(NCCCn1nc(C)cc1C)NCc1ccc2c(c1)CCCN2C.I. The number of guanidine groups is 1. The molecule has 2 N–H and O–H groups in total. The van der Waals surface area contributed by atoms with E-state index in [4.69, 9.17) is 0 Å². The summed E-state index contributed by atoms with van der Waals surface area (Å²) in [5.41, 5.74) is 6.42. The van der Waals surface area contributed by atoms with Crippen molar-refractivity contribution in [1.82, 2.24) is 20.4 Å². The van der Waals surface area contributed by atoms with Crippen LogP contribution in [-0.2, 0) is 19.5 Å². The highest BCUT2D eigenvalue weighted by Gasteiger charge is 2.13. The largest absolute Gasteiger partial charge is 0.374 e. The summed E-state index contributed by atoms with van der Waals surface area (Å²) >= 11 is 0. The van der Waals surface area contributed by atoms with Gasteiger partial charge in [-0.15, -0.1) is 24.0 Å². The Morgan fingerprint density at radius 1 is 1.21 bits per heavy atom. The Labute approximate surface area is 185 Å². The Bertz CT molecular complexity index is 798. The van der Waals surface area contributed by atoms with Gasteiger partial charge in [0.2, 0.25) is 0 Å². The number of hydrogen-bond acceptors (Lipinski definition) is 3. The summed E-state index contributed by atoms with van der Waals surface area (Å²) in [6.45, 7) is 7.86. The third kappa shape index (κ3) is 5.86. The number of nitrogens with one attached hydrogen (secondary N) is 2. The Kier molecular flexibility index (Phi) is 8.59. The molecule has 0 unspecified atom stereocenters. The van der Waals surface area contributed by atoms with Crippen LogP contribution in [0.4, 0.5) is 5.69 Å². The molecule has 6 nitrogen and oxygen atoms in total. The average Bonchev–Trinajstić information content (AvgIpc) is 2.98. The summed E-state index contributed by atoms with van der Waals surface area (Å²) in [6.07, 6.45) is 3.42. The molecule has 1 aromatic heterocycles. The van der Waals surface area contributed by atoms with Gasteiger partial charge in [-0.05, 0) is 56.4 Å². The number of hydrogen-bond donors (Lipinski definition) is 2. The fourth-order valence-corrected chi connectivity index (χ4v) is 3.69. The average molecular weight is 496 g/mol. The van der Waals surface area contributed by atoms with Crippen molar-refractivity contribution in [1.29, 1.82) is 0 Å². The first-order chi connectivity index (χ1) is 13.1. The van der Waals surface area contributed by atoms with E-state index in [0.29, 0.717) is 0 Å². The van der Waals surface area contributed by atoms with Gasteiger partial charge in [0.05, 0.1) is 5.69 Å². The van der Waals surface area contributed by atoms with Crippen LogP contribution in [0.1, 0.15) is 35.4 Å². The maximum Gasteiger partial charge on any atom is 0.191 e. The molecule has 0 aliphatic carbocycles. The van der Waals surface area contributed by atoms with Gasteiger partial charge < -0.3 is 15.5 Å². The predicted octanol–water partition coefficient (Wildman–Crippen LogP) is 3.26. The fraction of sp³-hybridized carbons (Fsp3) is 0.524. The molecule has 28 heavy (non-hydrogen) atoms. The number of fused-ring (bicyclic) bond motifs is 1. The lowest BCUT2D eigenvalue weighted by molar-refractivity contribution is 0.555. The van der Waals surface area contributed by atoms with Gasteiger partial charge in [0.15, 0.2) is 5.96 Å². The zero-order valence-electron chi connectivity index (χ0n) is 17.5. The van der Waals surface area contributed by atoms with Crippen LogP contribution >= 0.6 is 24.0 Å². The van der Waals surface area contributed by atoms with E-state index >= 15 is 0 Å². The minimum Gasteiger partial charge on any atom is -0.374 e. The van der Waals surface area contributed by atoms with E-state index in [9.17, 15) is 0 Å². The molecule has 7 heteroatoms. The van der Waals surface area contributed by atoms with E-state index in [1.54, 1.807) is 0 Å². The van der Waals surface area contributed by atoms with Gasteiger partial charge in [-0.2, -0.15) is 5.10 Å². The molecule has 2 heterocycles. The van der Waals surface area contributed by atoms with Crippen LogP contribution in [0.3, 0.4) is 0 Å². The molecule has 0 saturated carbocycles. The lowest BCUT2D eigenvalue weighted by Gasteiger charge is -2.28. The highest BCUT2D eigenvalue weighted by molar-refractivity contribution is 14.0. The predicted molar refractivity (Wildman–Crippen MR) is 128 cm³/mol. The van der Waals surface area contributed by atoms with Crippen molar-refractivity contribution in [2.75, 3.05) is 32.1 Å². The van der Waals surface area contributed by atoms with Crippen molar-refractivity contribution in [2.45, 2.75) is 46.2 Å². The fourth-order valence-electron chi connectivity index (χ4n) is 3.69. The maximum absolute atomic E-state index is 4.50. The summed E-state index contributed by atoms with van der Waals surface area (Å²) in [7, 11) is 3.99. The van der Waals surface area contributed by atoms with Gasteiger partial charge in [-0.1, -0.05) is 12.1 Å². The molecular formula is C21H33IN6. The topological polar surface area (TPSA) is 57.5 Å². The Hall–Kier alpha value is -1.77. The Morgan fingerprint density at radius 2 is 2.04 bits per heavy atom. The number of aliphatic imine (C=N–C) groups is 1. The van der Waals surface area contributed by atoms with Gasteiger partial charge in [-0.25, -0.2) is 0 Å². The molecule has 0 spiro atoms. The number of nitrogens with zero attached hydrogens (tertiary/aromatic N) is 4. The van der Waals surface area contributed by atoms with Gasteiger partial charge in [-0.3, -0.25) is 9.67 Å². The van der Waals surface area contributed by atoms with Gasteiger partial charge >= 0.3 is 0 Å². The third-order valence-electron chi connectivity index (χ3n) is 5.12. The third-order valence-corrected chi connectivity index (χ3v) is 5.12. The number of anilines is 1. The number of aromatic nitrogens is 2. The number of aryl methyl sites for hydroxylation is 4. The van der Waals surface area contributed by atoms with Crippen molar-refractivity contribution in [3.8, 4) is 0 Å². The lowest BCUT2D eigenvalue weighted by Crippen LogP contribution is -2.37. The van der Waals surface area contributed by atoms with Crippen molar-refractivity contribution < 1.29 is 0 Å². The maximum atomic E-state index is 4.50. The zero-order valence-corrected chi connectivity index (χ0v) is 19.8. The monoisotopic (exact) mass is 496 g/mol. The van der Waals surface area contributed by atoms with E-state index in [0.717, 1.165) is 44.3 Å². The van der Waals surface area contributed by atoms with Crippen LogP contribution in [0.5, 0.6) is 0 Å². The molecule has 154 valence electrons. The van der Waals surface area contributed by atoms with E-state index in [-0.39, 0.29) is 24.0 Å². The van der Waals surface area contributed by atoms with E-state index in [1.165, 1.54) is 35.3 Å². The minimum atomic E-state index is 0. The van der Waals surface area contributed by atoms with E-state index < -0.39 is 0 Å². The molecule has 1 aliphatic rings. The zero-order chi connectivity index (χ0) is 19.2. The molecule has 0 saturated heterocycles. The molecule has 0 fully saturated rings. The number of rotatable bonds is 6. The molecule has 3 rings (SSSR count). The van der Waals surface area contributed by atoms with Crippen molar-refractivity contribution in [3.63, 3.8) is 0 Å². The molecule has 1 aliphatic heterocycles. The van der Waals surface area contributed by atoms with Gasteiger partial charge in [0.25, 0.3) is 0 Å². The highest BCUT2D eigenvalue weighted by atomic mass is 127. The Balaban J connectivity index is 0.00000280. The minimum absolute atomic E-state index is 0. The molecule has 0 amide bonds. The molecule has 1 aromatic carbocycles. The number of halogens is 1. The summed E-state index contributed by atoms with van der Waals surface area (Å²) in [6, 6.07) is 8.90. The van der Waals surface area contributed by atoms with E-state index in [2.05, 4.69) is 68.5 Å². The second-order valence-electron chi connectivity index (χ2n) is 7.34. The number of benzene rings is 1. The van der Waals surface area contributed by atoms with Crippen LogP contribution in [-0.4, -0.2) is 42.9 Å². The van der Waals surface area contributed by atoms with Crippen molar-refractivity contribution in [3.05, 3.63) is 46.8 Å². The van der Waals surface area contributed by atoms with Crippen molar-refractivity contribution >= 4 is 35.6 Å².